The molecule has 1 amide bonds. The Hall–Kier alpha value is -4.37. The predicted octanol–water partition coefficient (Wildman–Crippen LogP) is 5.42. The molecule has 39 heavy (non-hydrogen) atoms. The van der Waals surface area contributed by atoms with E-state index in [1.807, 2.05) is 73.1 Å². The average molecular weight is 521 g/mol. The first-order chi connectivity index (χ1) is 19.2. The molecule has 0 saturated carbocycles. The number of para-hydroxylation sites is 2. The van der Waals surface area contributed by atoms with Crippen molar-refractivity contribution in [3.63, 3.8) is 0 Å². The molecule has 0 spiro atoms. The Bertz CT molecular complexity index is 1570. The van der Waals surface area contributed by atoms with Crippen molar-refractivity contribution in [2.45, 2.75) is 38.1 Å². The summed E-state index contributed by atoms with van der Waals surface area (Å²) in [6.45, 7) is 0.606. The highest BCUT2D eigenvalue weighted by atomic mass is 16.7. The summed E-state index contributed by atoms with van der Waals surface area (Å²) in [7, 11) is 0. The SMILES string of the molecule is O=C(Nc1cccc(C2OC(Cn3cnc4ccccc43)CC(c3ccc(CO)cc3)O2)c1)c1cccnc1. The van der Waals surface area contributed by atoms with Gasteiger partial charge >= 0.3 is 0 Å². The summed E-state index contributed by atoms with van der Waals surface area (Å²) in [5.74, 6) is -0.238. The van der Waals surface area contributed by atoms with Gasteiger partial charge in [-0.25, -0.2) is 4.98 Å². The van der Waals surface area contributed by atoms with Crippen molar-refractivity contribution in [3.8, 4) is 0 Å². The van der Waals surface area contributed by atoms with E-state index < -0.39 is 6.29 Å². The number of imidazole rings is 1. The second-order valence-electron chi connectivity index (χ2n) is 9.56. The number of hydrogen-bond donors (Lipinski definition) is 2. The summed E-state index contributed by atoms with van der Waals surface area (Å²) < 4.78 is 15.1. The highest BCUT2D eigenvalue weighted by Gasteiger charge is 2.32. The number of aromatic nitrogens is 3. The van der Waals surface area contributed by atoms with Crippen molar-refractivity contribution in [1.82, 2.24) is 14.5 Å². The van der Waals surface area contributed by atoms with Crippen LogP contribution in [-0.4, -0.2) is 31.7 Å². The number of carbonyl (C=O) groups is 1. The van der Waals surface area contributed by atoms with Crippen molar-refractivity contribution < 1.29 is 19.4 Å². The number of rotatable bonds is 7. The largest absolute Gasteiger partial charge is 0.392 e. The number of aliphatic hydroxyl groups excluding tert-OH is 1. The van der Waals surface area contributed by atoms with E-state index in [1.54, 1.807) is 18.3 Å². The maximum atomic E-state index is 12.7. The molecule has 5 aromatic rings. The Morgan fingerprint density at radius 1 is 0.974 bits per heavy atom. The van der Waals surface area contributed by atoms with Crippen LogP contribution in [0.3, 0.4) is 0 Å². The van der Waals surface area contributed by atoms with Crippen LogP contribution >= 0.6 is 0 Å². The van der Waals surface area contributed by atoms with Crippen LogP contribution in [0.15, 0.2) is 104 Å². The van der Waals surface area contributed by atoms with Crippen LogP contribution in [0.2, 0.25) is 0 Å². The molecule has 6 rings (SSSR count). The lowest BCUT2D eigenvalue weighted by molar-refractivity contribution is -0.252. The molecule has 8 heteroatoms. The second-order valence-corrected chi connectivity index (χ2v) is 9.56. The maximum absolute atomic E-state index is 12.7. The van der Waals surface area contributed by atoms with Gasteiger partial charge in [-0.05, 0) is 47.5 Å². The molecular weight excluding hydrogens is 492 g/mol. The number of hydrogen-bond acceptors (Lipinski definition) is 6. The normalized spacial score (nSPS) is 19.2. The lowest BCUT2D eigenvalue weighted by atomic mass is 10.00. The lowest BCUT2D eigenvalue weighted by Crippen LogP contribution is -2.32. The number of nitrogens with one attached hydrogen (secondary N) is 1. The lowest BCUT2D eigenvalue weighted by Gasteiger charge is -2.36. The number of fused-ring (bicyclic) bond motifs is 1. The standard InChI is InChI=1S/C31H28N4O4/c36-19-21-10-12-22(13-11-21)29-16-26(18-35-20-33-27-8-1-2-9-28(27)35)38-31(39-29)23-5-3-7-25(15-23)34-30(37)24-6-4-14-32-17-24/h1-15,17,20,26,29,31,36H,16,18-19H2,(H,34,37). The van der Waals surface area contributed by atoms with Crippen LogP contribution in [0.1, 0.15) is 45.9 Å². The van der Waals surface area contributed by atoms with E-state index in [0.29, 0.717) is 24.2 Å². The van der Waals surface area contributed by atoms with Gasteiger partial charge < -0.3 is 24.5 Å². The minimum atomic E-state index is -0.642. The van der Waals surface area contributed by atoms with Crippen molar-refractivity contribution in [2.75, 3.05) is 5.32 Å². The molecule has 0 bridgehead atoms. The summed E-state index contributed by atoms with van der Waals surface area (Å²) >= 11 is 0. The molecule has 3 unspecified atom stereocenters. The quantitative estimate of drug-likeness (QED) is 0.297. The Morgan fingerprint density at radius 3 is 2.67 bits per heavy atom. The Labute approximate surface area is 225 Å². The number of carbonyl (C=O) groups excluding carboxylic acids is 1. The predicted molar refractivity (Wildman–Crippen MR) is 147 cm³/mol. The smallest absolute Gasteiger partial charge is 0.257 e. The zero-order valence-corrected chi connectivity index (χ0v) is 21.2. The summed E-state index contributed by atoms with van der Waals surface area (Å²) in [4.78, 5) is 21.2. The van der Waals surface area contributed by atoms with Gasteiger partial charge in [-0.2, -0.15) is 0 Å². The molecule has 1 aliphatic heterocycles. The fourth-order valence-corrected chi connectivity index (χ4v) is 4.87. The van der Waals surface area contributed by atoms with Gasteiger partial charge in [-0.1, -0.05) is 48.5 Å². The van der Waals surface area contributed by atoms with Gasteiger partial charge in [0.05, 0.1) is 48.3 Å². The van der Waals surface area contributed by atoms with Crippen LogP contribution in [0.5, 0.6) is 0 Å². The molecule has 8 nitrogen and oxygen atoms in total. The molecule has 3 atom stereocenters. The molecule has 196 valence electrons. The molecule has 3 heterocycles. The van der Waals surface area contributed by atoms with E-state index in [4.69, 9.17) is 9.47 Å². The van der Waals surface area contributed by atoms with E-state index in [2.05, 4.69) is 25.9 Å². The van der Waals surface area contributed by atoms with Crippen molar-refractivity contribution in [3.05, 3.63) is 126 Å². The first kappa shape index (κ1) is 24.9. The number of amides is 1. The third-order valence-corrected chi connectivity index (χ3v) is 6.88. The molecule has 1 aliphatic rings. The summed E-state index contributed by atoms with van der Waals surface area (Å²) in [5, 5.41) is 12.4. The number of benzene rings is 3. The van der Waals surface area contributed by atoms with Crippen LogP contribution < -0.4 is 5.32 Å². The molecule has 0 radical (unpaired) electrons. The number of ether oxygens (including phenoxy) is 2. The van der Waals surface area contributed by atoms with Crippen LogP contribution in [0.4, 0.5) is 5.69 Å². The minimum Gasteiger partial charge on any atom is -0.392 e. The third kappa shape index (κ3) is 5.58. The van der Waals surface area contributed by atoms with Gasteiger partial charge in [0, 0.05) is 30.1 Å². The number of nitrogens with zero attached hydrogens (tertiary/aromatic N) is 3. The highest BCUT2D eigenvalue weighted by molar-refractivity contribution is 6.04. The number of pyridine rings is 1. The van der Waals surface area contributed by atoms with Gasteiger partial charge in [0.15, 0.2) is 6.29 Å². The number of aliphatic hydroxyl groups is 1. The fourth-order valence-electron chi connectivity index (χ4n) is 4.87. The van der Waals surface area contributed by atoms with Crippen LogP contribution in [-0.2, 0) is 22.6 Å². The zero-order chi connectivity index (χ0) is 26.6. The molecule has 0 aliphatic carbocycles. The van der Waals surface area contributed by atoms with Gasteiger partial charge in [-0.15, -0.1) is 0 Å². The topological polar surface area (TPSA) is 98.5 Å². The van der Waals surface area contributed by atoms with Gasteiger partial charge in [-0.3, -0.25) is 9.78 Å². The highest BCUT2D eigenvalue weighted by Crippen LogP contribution is 2.39. The van der Waals surface area contributed by atoms with Crippen LogP contribution in [0, 0.1) is 0 Å². The van der Waals surface area contributed by atoms with Gasteiger partial charge in [0.2, 0.25) is 0 Å². The molecule has 1 saturated heterocycles. The molecule has 1 fully saturated rings. The van der Waals surface area contributed by atoms with Gasteiger partial charge in [0.25, 0.3) is 5.91 Å². The van der Waals surface area contributed by atoms with E-state index in [9.17, 15) is 9.90 Å². The van der Waals surface area contributed by atoms with Crippen molar-refractivity contribution in [1.29, 1.82) is 0 Å². The molecule has 2 aromatic heterocycles. The van der Waals surface area contributed by atoms with E-state index >= 15 is 0 Å². The van der Waals surface area contributed by atoms with Crippen molar-refractivity contribution >= 4 is 22.6 Å². The first-order valence-electron chi connectivity index (χ1n) is 12.9. The summed E-state index contributed by atoms with van der Waals surface area (Å²) in [6, 6.07) is 26.8. The Morgan fingerprint density at radius 2 is 1.85 bits per heavy atom. The van der Waals surface area contributed by atoms with Crippen LogP contribution in [0.25, 0.3) is 11.0 Å². The summed E-state index contributed by atoms with van der Waals surface area (Å²) in [5.41, 5.74) is 5.77. The van der Waals surface area contributed by atoms with Gasteiger partial charge in [0.1, 0.15) is 0 Å². The first-order valence-corrected chi connectivity index (χ1v) is 12.9. The average Bonchev–Trinajstić information content (AvgIpc) is 3.40. The fraction of sp³-hybridized carbons (Fsp3) is 0.194. The zero-order valence-electron chi connectivity index (χ0n) is 21.2. The van der Waals surface area contributed by atoms with E-state index in [0.717, 1.165) is 27.7 Å². The molecular formula is C31H28N4O4. The maximum Gasteiger partial charge on any atom is 0.257 e. The monoisotopic (exact) mass is 520 g/mol. The number of anilines is 1. The van der Waals surface area contributed by atoms with E-state index in [1.165, 1.54) is 6.20 Å². The summed E-state index contributed by atoms with van der Waals surface area (Å²) in [6.07, 6.45) is 4.64. The second kappa shape index (κ2) is 11.2. The molecule has 2 N–H and O–H groups in total. The Kier molecular flexibility index (Phi) is 7.14. The minimum absolute atomic E-state index is 0.00851. The van der Waals surface area contributed by atoms with Crippen molar-refractivity contribution in [2.24, 2.45) is 0 Å². The molecule has 3 aromatic carbocycles. The Balaban J connectivity index is 1.27. The third-order valence-electron chi connectivity index (χ3n) is 6.88. The van der Waals surface area contributed by atoms with E-state index in [-0.39, 0.29) is 24.7 Å².